The molecule has 0 bridgehead atoms. The van der Waals surface area contributed by atoms with Gasteiger partial charge in [0, 0.05) is 12.6 Å². The van der Waals surface area contributed by atoms with Crippen molar-refractivity contribution in [2.45, 2.75) is 39.0 Å². The molecule has 6 heteroatoms. The number of nitro groups is 1. The van der Waals surface area contributed by atoms with Crippen molar-refractivity contribution in [1.29, 1.82) is 0 Å². The van der Waals surface area contributed by atoms with Crippen molar-refractivity contribution in [2.24, 2.45) is 5.41 Å². The summed E-state index contributed by atoms with van der Waals surface area (Å²) in [5.74, 6) is -0.556. The van der Waals surface area contributed by atoms with Crippen molar-refractivity contribution in [3.05, 3.63) is 28.1 Å². The molecule has 0 heterocycles. The highest BCUT2D eigenvalue weighted by Gasteiger charge is 2.27. The second-order valence-electron chi connectivity index (χ2n) is 5.99. The average Bonchev–Trinajstić information content (AvgIpc) is 2.46. The lowest BCUT2D eigenvalue weighted by Gasteiger charge is -2.34. The molecule has 1 aromatic carbocycles. The van der Waals surface area contributed by atoms with E-state index in [1.54, 1.807) is 0 Å². The third-order valence-electron chi connectivity index (χ3n) is 4.23. The second-order valence-corrected chi connectivity index (χ2v) is 5.99. The van der Waals surface area contributed by atoms with Crippen LogP contribution < -0.4 is 10.1 Å². The Labute approximate surface area is 123 Å². The Hall–Kier alpha value is -1.85. The van der Waals surface area contributed by atoms with Crippen LogP contribution >= 0.6 is 0 Å². The number of halogens is 1. The Morgan fingerprint density at radius 1 is 1.38 bits per heavy atom. The molecule has 1 aliphatic rings. The van der Waals surface area contributed by atoms with E-state index >= 15 is 0 Å². The van der Waals surface area contributed by atoms with Crippen LogP contribution in [0.4, 0.5) is 15.8 Å². The monoisotopic (exact) mass is 296 g/mol. The minimum atomic E-state index is -0.645. The van der Waals surface area contributed by atoms with Crippen molar-refractivity contribution >= 4 is 11.4 Å². The van der Waals surface area contributed by atoms with Crippen LogP contribution in [0.3, 0.4) is 0 Å². The fourth-order valence-electron chi connectivity index (χ4n) is 2.88. The summed E-state index contributed by atoms with van der Waals surface area (Å²) in [7, 11) is 1.34. The topological polar surface area (TPSA) is 64.4 Å². The number of nitrogens with one attached hydrogen (secondary N) is 1. The molecule has 0 unspecified atom stereocenters. The van der Waals surface area contributed by atoms with Gasteiger partial charge in [-0.25, -0.2) is 4.39 Å². The zero-order chi connectivity index (χ0) is 15.5. The van der Waals surface area contributed by atoms with Crippen LogP contribution in [0.1, 0.15) is 39.0 Å². The molecule has 1 aliphatic carbocycles. The minimum Gasteiger partial charge on any atom is -0.490 e. The van der Waals surface area contributed by atoms with Gasteiger partial charge in [0.05, 0.1) is 23.8 Å². The number of methoxy groups -OCH3 is 1. The zero-order valence-corrected chi connectivity index (χ0v) is 12.4. The fourth-order valence-corrected chi connectivity index (χ4v) is 2.88. The van der Waals surface area contributed by atoms with Crippen LogP contribution in [0.15, 0.2) is 12.1 Å². The Bertz CT molecular complexity index is 528. The van der Waals surface area contributed by atoms with E-state index in [0.717, 1.165) is 18.9 Å². The smallest absolute Gasteiger partial charge is 0.313 e. The van der Waals surface area contributed by atoms with Gasteiger partial charge >= 0.3 is 5.69 Å². The van der Waals surface area contributed by atoms with Gasteiger partial charge in [-0.15, -0.1) is 0 Å². The molecule has 1 aromatic rings. The summed E-state index contributed by atoms with van der Waals surface area (Å²) >= 11 is 0. The van der Waals surface area contributed by atoms with Gasteiger partial charge in [-0.2, -0.15) is 0 Å². The largest absolute Gasteiger partial charge is 0.490 e. The Balaban J connectivity index is 2.14. The van der Waals surface area contributed by atoms with Gasteiger partial charge in [0.15, 0.2) is 11.6 Å². The number of ether oxygens (including phenoxy) is 1. The second kappa shape index (κ2) is 6.28. The summed E-state index contributed by atoms with van der Waals surface area (Å²) in [5.41, 5.74) is 0.0494. The van der Waals surface area contributed by atoms with Crippen molar-refractivity contribution in [3.8, 4) is 5.75 Å². The predicted octanol–water partition coefficient (Wildman–Crippen LogP) is 4.12. The molecule has 0 spiro atoms. The van der Waals surface area contributed by atoms with Crippen molar-refractivity contribution in [2.75, 3.05) is 19.0 Å². The summed E-state index contributed by atoms with van der Waals surface area (Å²) in [4.78, 5) is 10.2. The van der Waals surface area contributed by atoms with E-state index in [-0.39, 0.29) is 22.5 Å². The predicted molar refractivity (Wildman–Crippen MR) is 79.3 cm³/mol. The van der Waals surface area contributed by atoms with Crippen molar-refractivity contribution < 1.29 is 14.1 Å². The van der Waals surface area contributed by atoms with E-state index < -0.39 is 10.7 Å². The average molecular weight is 296 g/mol. The van der Waals surface area contributed by atoms with Crippen molar-refractivity contribution in [1.82, 2.24) is 0 Å². The number of rotatable bonds is 5. The maximum absolute atomic E-state index is 14.0. The SMILES string of the molecule is COc1cc(NCC2(C)CCCCC2)c(F)cc1[N+](=O)[O-]. The zero-order valence-electron chi connectivity index (χ0n) is 12.4. The van der Waals surface area contributed by atoms with Gasteiger partial charge in [-0.1, -0.05) is 26.2 Å². The first-order valence-electron chi connectivity index (χ1n) is 7.21. The first kappa shape index (κ1) is 15.5. The van der Waals surface area contributed by atoms with Crippen LogP contribution in [0.2, 0.25) is 0 Å². The van der Waals surface area contributed by atoms with Gasteiger partial charge in [0.25, 0.3) is 0 Å². The molecular formula is C15H21FN2O3. The Morgan fingerprint density at radius 2 is 2.05 bits per heavy atom. The molecule has 0 radical (unpaired) electrons. The normalized spacial score (nSPS) is 17.3. The molecule has 1 N–H and O–H groups in total. The van der Waals surface area contributed by atoms with E-state index in [4.69, 9.17) is 4.74 Å². The molecular weight excluding hydrogens is 275 g/mol. The van der Waals surface area contributed by atoms with Gasteiger partial charge in [-0.3, -0.25) is 10.1 Å². The molecule has 21 heavy (non-hydrogen) atoms. The van der Waals surface area contributed by atoms with Crippen LogP contribution in [0, 0.1) is 21.3 Å². The Kier molecular flexibility index (Phi) is 4.65. The number of nitro benzene ring substituents is 1. The summed E-state index contributed by atoms with van der Waals surface area (Å²) in [5, 5.41) is 13.9. The number of benzene rings is 1. The number of nitrogens with zero attached hydrogens (tertiary/aromatic N) is 1. The molecule has 0 aliphatic heterocycles. The summed E-state index contributed by atoms with van der Waals surface area (Å²) < 4.78 is 19.0. The summed E-state index contributed by atoms with van der Waals surface area (Å²) in [6, 6.07) is 2.27. The van der Waals surface area contributed by atoms with Gasteiger partial charge in [-0.05, 0) is 18.3 Å². The summed E-state index contributed by atoms with van der Waals surface area (Å²) in [6.07, 6.45) is 5.89. The van der Waals surface area contributed by atoms with Crippen LogP contribution in [0.5, 0.6) is 5.75 Å². The lowest BCUT2D eigenvalue weighted by molar-refractivity contribution is -0.385. The minimum absolute atomic E-state index is 0.0673. The number of anilines is 1. The fraction of sp³-hybridized carbons (Fsp3) is 0.600. The summed E-state index contributed by atoms with van der Waals surface area (Å²) in [6.45, 7) is 2.85. The molecule has 2 rings (SSSR count). The van der Waals surface area contributed by atoms with E-state index in [1.807, 2.05) is 0 Å². The van der Waals surface area contributed by atoms with Gasteiger partial charge < -0.3 is 10.1 Å². The number of hydrogen-bond donors (Lipinski definition) is 1. The first-order chi connectivity index (χ1) is 9.95. The third kappa shape index (κ3) is 3.62. The molecule has 0 aromatic heterocycles. The van der Waals surface area contributed by atoms with Crippen LogP contribution in [-0.4, -0.2) is 18.6 Å². The quantitative estimate of drug-likeness (QED) is 0.655. The van der Waals surface area contributed by atoms with Crippen LogP contribution in [-0.2, 0) is 0 Å². The van der Waals surface area contributed by atoms with Crippen LogP contribution in [0.25, 0.3) is 0 Å². The van der Waals surface area contributed by atoms with E-state index in [2.05, 4.69) is 12.2 Å². The van der Waals surface area contributed by atoms with E-state index in [0.29, 0.717) is 6.54 Å². The highest BCUT2D eigenvalue weighted by Crippen LogP contribution is 2.37. The van der Waals surface area contributed by atoms with Gasteiger partial charge in [0.2, 0.25) is 0 Å². The highest BCUT2D eigenvalue weighted by atomic mass is 19.1. The molecule has 116 valence electrons. The van der Waals surface area contributed by atoms with E-state index in [9.17, 15) is 14.5 Å². The molecule has 0 saturated heterocycles. The molecule has 5 nitrogen and oxygen atoms in total. The van der Waals surface area contributed by atoms with E-state index in [1.165, 1.54) is 32.4 Å². The maximum Gasteiger partial charge on any atom is 0.313 e. The molecule has 1 saturated carbocycles. The lowest BCUT2D eigenvalue weighted by atomic mass is 9.76. The first-order valence-corrected chi connectivity index (χ1v) is 7.21. The molecule has 1 fully saturated rings. The molecule has 0 atom stereocenters. The standard InChI is InChI=1S/C15H21FN2O3/c1-15(6-4-3-5-7-15)10-17-12-9-14(21-2)13(18(19)20)8-11(12)16/h8-9,17H,3-7,10H2,1-2H3. The maximum atomic E-state index is 14.0. The third-order valence-corrected chi connectivity index (χ3v) is 4.23. The lowest BCUT2D eigenvalue weighted by Crippen LogP contribution is -2.29. The highest BCUT2D eigenvalue weighted by molar-refractivity contribution is 5.59. The number of hydrogen-bond acceptors (Lipinski definition) is 4. The van der Waals surface area contributed by atoms with Crippen molar-refractivity contribution in [3.63, 3.8) is 0 Å². The van der Waals surface area contributed by atoms with Gasteiger partial charge in [0.1, 0.15) is 0 Å². The molecule has 0 amide bonds. The Morgan fingerprint density at radius 3 is 2.62 bits per heavy atom.